The third-order valence-electron chi connectivity index (χ3n) is 2.05. The molecule has 0 amide bonds. The Bertz CT molecular complexity index is 328. The molecule has 14 heavy (non-hydrogen) atoms. The molecule has 0 saturated heterocycles. The summed E-state index contributed by atoms with van der Waals surface area (Å²) in [5.41, 5.74) is 2.58. The number of aliphatic imine (C=N–C) groups is 1. The second-order valence-electron chi connectivity index (χ2n) is 3.83. The van der Waals surface area contributed by atoms with Gasteiger partial charge in [-0.15, -0.1) is 0 Å². The van der Waals surface area contributed by atoms with Crippen molar-refractivity contribution in [2.24, 2.45) is 10.9 Å². The Hall–Kier alpha value is -0.760. The van der Waals surface area contributed by atoms with Crippen molar-refractivity contribution in [1.82, 2.24) is 0 Å². The van der Waals surface area contributed by atoms with Gasteiger partial charge in [-0.3, -0.25) is 0 Å². The van der Waals surface area contributed by atoms with Crippen LogP contribution in [-0.4, -0.2) is 5.04 Å². The van der Waals surface area contributed by atoms with Gasteiger partial charge in [-0.1, -0.05) is 37.8 Å². The van der Waals surface area contributed by atoms with Crippen molar-refractivity contribution >= 4 is 16.8 Å². The maximum Gasteiger partial charge on any atom is 0.108 e. The van der Waals surface area contributed by atoms with E-state index in [-0.39, 0.29) is 0 Å². The molecular weight excluding hydrogens is 190 g/mol. The van der Waals surface area contributed by atoms with E-state index in [1.807, 2.05) is 0 Å². The van der Waals surface area contributed by atoms with Gasteiger partial charge in [0.1, 0.15) is 5.04 Å². The molecule has 0 aromatic heterocycles. The first-order valence-corrected chi connectivity index (χ1v) is 5.64. The van der Waals surface area contributed by atoms with Gasteiger partial charge >= 0.3 is 0 Å². The van der Waals surface area contributed by atoms with Crippen LogP contribution in [-0.2, 0) is 0 Å². The summed E-state index contributed by atoms with van der Waals surface area (Å²) in [5.74, 6) is 0.576. The topological polar surface area (TPSA) is 12.4 Å². The minimum absolute atomic E-state index is 0.576. The molecule has 1 aliphatic rings. The molecule has 0 aliphatic carbocycles. The van der Waals surface area contributed by atoms with E-state index < -0.39 is 0 Å². The summed E-state index contributed by atoms with van der Waals surface area (Å²) in [5, 5.41) is 1.09. The second-order valence-corrected chi connectivity index (χ2v) is 4.90. The fourth-order valence-corrected chi connectivity index (χ4v) is 2.36. The van der Waals surface area contributed by atoms with Crippen molar-refractivity contribution < 1.29 is 0 Å². The van der Waals surface area contributed by atoms with Crippen LogP contribution in [0.1, 0.15) is 27.7 Å². The van der Waals surface area contributed by atoms with Gasteiger partial charge < -0.3 is 0 Å². The summed E-state index contributed by atoms with van der Waals surface area (Å²) < 4.78 is 0. The highest BCUT2D eigenvalue weighted by Crippen LogP contribution is 2.37. The van der Waals surface area contributed by atoms with Gasteiger partial charge in [0.2, 0.25) is 0 Å². The maximum atomic E-state index is 4.29. The van der Waals surface area contributed by atoms with E-state index in [2.05, 4.69) is 45.3 Å². The fourth-order valence-electron chi connectivity index (χ4n) is 1.22. The van der Waals surface area contributed by atoms with Gasteiger partial charge in [0.05, 0.1) is 0 Å². The van der Waals surface area contributed by atoms with Crippen molar-refractivity contribution in [3.63, 3.8) is 0 Å². The smallest absolute Gasteiger partial charge is 0.108 e. The monoisotopic (exact) mass is 207 g/mol. The standard InChI is InChI=1S/C12H17NS/c1-6-13-12-10(8(2)3)7-11(14-12)9(4)5/h6-7,9H,1H2,2-5H3. The van der Waals surface area contributed by atoms with Crippen molar-refractivity contribution in [3.8, 4) is 0 Å². The predicted molar refractivity (Wildman–Crippen MR) is 66.5 cm³/mol. The van der Waals surface area contributed by atoms with Crippen molar-refractivity contribution in [1.29, 1.82) is 0 Å². The lowest BCUT2D eigenvalue weighted by Gasteiger charge is -2.02. The fraction of sp³-hybridized carbons (Fsp3) is 0.417. The molecule has 0 radical (unpaired) electrons. The summed E-state index contributed by atoms with van der Waals surface area (Å²) in [4.78, 5) is 5.68. The zero-order valence-corrected chi connectivity index (χ0v) is 10.1. The van der Waals surface area contributed by atoms with Gasteiger partial charge in [0, 0.05) is 11.8 Å². The van der Waals surface area contributed by atoms with Crippen LogP contribution in [0.15, 0.2) is 39.9 Å². The Morgan fingerprint density at radius 2 is 2.14 bits per heavy atom. The molecule has 1 rings (SSSR count). The van der Waals surface area contributed by atoms with Crippen LogP contribution >= 0.6 is 11.8 Å². The highest BCUT2D eigenvalue weighted by atomic mass is 32.2. The van der Waals surface area contributed by atoms with Crippen LogP contribution in [0.2, 0.25) is 0 Å². The quantitative estimate of drug-likeness (QED) is 0.662. The first kappa shape index (κ1) is 11.3. The van der Waals surface area contributed by atoms with E-state index in [9.17, 15) is 0 Å². The van der Waals surface area contributed by atoms with E-state index in [1.54, 1.807) is 18.0 Å². The molecule has 1 nitrogen and oxygen atoms in total. The molecular formula is C12H17NS. The molecule has 0 fully saturated rings. The number of nitrogens with zero attached hydrogens (tertiary/aromatic N) is 1. The lowest BCUT2D eigenvalue weighted by Crippen LogP contribution is -1.91. The molecule has 0 N–H and O–H groups in total. The first-order valence-electron chi connectivity index (χ1n) is 4.82. The Labute approximate surface area is 90.7 Å². The zero-order chi connectivity index (χ0) is 10.7. The molecule has 1 heterocycles. The average Bonchev–Trinajstić information content (AvgIpc) is 2.49. The van der Waals surface area contributed by atoms with Crippen molar-refractivity contribution in [3.05, 3.63) is 34.9 Å². The third kappa shape index (κ3) is 2.38. The van der Waals surface area contributed by atoms with E-state index in [4.69, 9.17) is 0 Å². The molecule has 0 atom stereocenters. The summed E-state index contributed by atoms with van der Waals surface area (Å²) in [6.07, 6.45) is 3.86. The van der Waals surface area contributed by atoms with E-state index in [0.717, 1.165) is 5.04 Å². The number of hydrogen-bond donors (Lipinski definition) is 0. The van der Waals surface area contributed by atoms with Crippen LogP contribution < -0.4 is 0 Å². The van der Waals surface area contributed by atoms with E-state index in [0.29, 0.717) is 5.92 Å². The lowest BCUT2D eigenvalue weighted by molar-refractivity contribution is 0.818. The largest absolute Gasteiger partial charge is 0.250 e. The third-order valence-corrected chi connectivity index (χ3v) is 3.39. The SMILES string of the molecule is C=CN=C1SC(C(C)C)=CC1=C(C)C. The first-order chi connectivity index (χ1) is 6.56. The van der Waals surface area contributed by atoms with Crippen LogP contribution in [0, 0.1) is 5.92 Å². The molecule has 0 bridgehead atoms. The Kier molecular flexibility index (Phi) is 3.76. The van der Waals surface area contributed by atoms with Crippen LogP contribution in [0.5, 0.6) is 0 Å². The molecule has 0 saturated carbocycles. The van der Waals surface area contributed by atoms with Gasteiger partial charge in [-0.05, 0) is 30.7 Å². The summed E-state index contributed by atoms with van der Waals surface area (Å²) in [6, 6.07) is 0. The van der Waals surface area contributed by atoms with E-state index >= 15 is 0 Å². The summed E-state index contributed by atoms with van der Waals surface area (Å²) >= 11 is 1.76. The molecule has 0 spiro atoms. The van der Waals surface area contributed by atoms with Crippen LogP contribution in [0.25, 0.3) is 0 Å². The molecule has 0 aromatic carbocycles. The zero-order valence-electron chi connectivity index (χ0n) is 9.29. The Morgan fingerprint density at radius 1 is 1.50 bits per heavy atom. The van der Waals surface area contributed by atoms with Crippen molar-refractivity contribution in [2.75, 3.05) is 0 Å². The van der Waals surface area contributed by atoms with Crippen molar-refractivity contribution in [2.45, 2.75) is 27.7 Å². The van der Waals surface area contributed by atoms with Gasteiger partial charge in [-0.25, -0.2) is 4.99 Å². The highest BCUT2D eigenvalue weighted by Gasteiger charge is 2.20. The summed E-state index contributed by atoms with van der Waals surface area (Å²) in [7, 11) is 0. The molecule has 1 aliphatic heterocycles. The van der Waals surface area contributed by atoms with Crippen LogP contribution in [0.4, 0.5) is 0 Å². The minimum Gasteiger partial charge on any atom is -0.250 e. The number of allylic oxidation sites excluding steroid dienone is 3. The minimum atomic E-state index is 0.576. The lowest BCUT2D eigenvalue weighted by atomic mass is 10.1. The number of thioether (sulfide) groups is 1. The van der Waals surface area contributed by atoms with Gasteiger partial charge in [0.15, 0.2) is 0 Å². The number of hydrogen-bond acceptors (Lipinski definition) is 2. The van der Waals surface area contributed by atoms with Gasteiger partial charge in [0.25, 0.3) is 0 Å². The average molecular weight is 207 g/mol. The van der Waals surface area contributed by atoms with E-state index in [1.165, 1.54) is 16.1 Å². The maximum absolute atomic E-state index is 4.29. The molecule has 2 heteroatoms. The second kappa shape index (κ2) is 4.65. The Balaban J connectivity index is 3.06. The molecule has 76 valence electrons. The number of rotatable bonds is 2. The predicted octanol–water partition coefficient (Wildman–Crippen LogP) is 4.15. The molecule has 0 aromatic rings. The normalized spacial score (nSPS) is 19.1. The molecule has 0 unspecified atom stereocenters. The Morgan fingerprint density at radius 3 is 2.57 bits per heavy atom. The van der Waals surface area contributed by atoms with Crippen LogP contribution in [0.3, 0.4) is 0 Å². The summed E-state index contributed by atoms with van der Waals surface area (Å²) in [6.45, 7) is 12.3. The van der Waals surface area contributed by atoms with Gasteiger partial charge in [-0.2, -0.15) is 0 Å². The highest BCUT2D eigenvalue weighted by molar-refractivity contribution is 8.18.